The number of aliphatic imine (C=N–C) groups is 1. The molecular weight excluding hydrogens is 310 g/mol. The number of rotatable bonds is 6. The van der Waals surface area contributed by atoms with E-state index in [4.69, 9.17) is 18.8 Å². The summed E-state index contributed by atoms with van der Waals surface area (Å²) in [5.74, 6) is 0.453. The molecule has 0 saturated carbocycles. The van der Waals surface area contributed by atoms with Crippen molar-refractivity contribution in [3.05, 3.63) is 35.9 Å². The highest BCUT2D eigenvalue weighted by Crippen LogP contribution is 2.32. The topological polar surface area (TPSA) is 97.7 Å². The van der Waals surface area contributed by atoms with Gasteiger partial charge in [-0.25, -0.2) is 4.99 Å². The van der Waals surface area contributed by atoms with Crippen molar-refractivity contribution in [1.82, 2.24) is 0 Å². The van der Waals surface area contributed by atoms with Crippen molar-refractivity contribution >= 4 is 16.0 Å². The largest absolute Gasteiger partial charge is 0.475 e. The van der Waals surface area contributed by atoms with Crippen LogP contribution in [0.3, 0.4) is 0 Å². The van der Waals surface area contributed by atoms with Gasteiger partial charge in [-0.3, -0.25) is 4.18 Å². The molecule has 0 unspecified atom stereocenters. The first-order valence-electron chi connectivity index (χ1n) is 6.88. The van der Waals surface area contributed by atoms with E-state index in [0.29, 0.717) is 5.90 Å². The standard InChI is InChI=1S/C14H17NO6S/c1-22(17,18)21-12(13-11(7-16)20-13)10-8-19-14(15-10)9-5-3-2-4-6-9/h2-6,10-13,16H,7-8H2,1H3/t10-,11-,12+,13+/m0/s1. The minimum atomic E-state index is -3.67. The summed E-state index contributed by atoms with van der Waals surface area (Å²) in [4.78, 5) is 4.42. The van der Waals surface area contributed by atoms with Gasteiger partial charge in [-0.1, -0.05) is 18.2 Å². The molecule has 8 heteroatoms. The zero-order chi connectivity index (χ0) is 15.7. The molecule has 7 nitrogen and oxygen atoms in total. The molecule has 0 spiro atoms. The smallest absolute Gasteiger partial charge is 0.264 e. The summed E-state index contributed by atoms with van der Waals surface area (Å²) in [6.45, 7) is 0.0273. The third kappa shape index (κ3) is 3.46. The summed E-state index contributed by atoms with van der Waals surface area (Å²) < 4.78 is 38.8. The lowest BCUT2D eigenvalue weighted by Gasteiger charge is -2.17. The number of ether oxygens (including phenoxy) is 2. The summed E-state index contributed by atoms with van der Waals surface area (Å²) in [5.41, 5.74) is 0.818. The monoisotopic (exact) mass is 327 g/mol. The van der Waals surface area contributed by atoms with Crippen LogP contribution in [0.1, 0.15) is 5.56 Å². The number of benzene rings is 1. The molecule has 0 radical (unpaired) electrons. The average molecular weight is 327 g/mol. The van der Waals surface area contributed by atoms with E-state index in [1.807, 2.05) is 30.3 Å². The Balaban J connectivity index is 1.79. The maximum atomic E-state index is 11.4. The Morgan fingerprint density at radius 3 is 2.73 bits per heavy atom. The number of hydrogen-bond acceptors (Lipinski definition) is 7. The Bertz CT molecular complexity index is 659. The van der Waals surface area contributed by atoms with Gasteiger partial charge in [-0.15, -0.1) is 0 Å². The van der Waals surface area contributed by atoms with Crippen LogP contribution in [0.2, 0.25) is 0 Å². The van der Waals surface area contributed by atoms with Crippen LogP contribution in [0.15, 0.2) is 35.3 Å². The maximum absolute atomic E-state index is 11.4. The van der Waals surface area contributed by atoms with Gasteiger partial charge in [0.05, 0.1) is 12.9 Å². The number of hydrogen-bond donors (Lipinski definition) is 1. The molecule has 1 N–H and O–H groups in total. The first kappa shape index (κ1) is 15.4. The van der Waals surface area contributed by atoms with Crippen LogP contribution in [-0.2, 0) is 23.8 Å². The first-order chi connectivity index (χ1) is 10.5. The average Bonchev–Trinajstić information content (AvgIpc) is 3.11. The predicted octanol–water partition coefficient (Wildman–Crippen LogP) is -0.0635. The van der Waals surface area contributed by atoms with Crippen LogP contribution in [0, 0.1) is 0 Å². The molecule has 0 bridgehead atoms. The molecule has 0 aliphatic carbocycles. The third-order valence-electron chi connectivity index (χ3n) is 3.49. The lowest BCUT2D eigenvalue weighted by Crippen LogP contribution is -2.37. The Kier molecular flexibility index (Phi) is 4.18. The van der Waals surface area contributed by atoms with Crippen LogP contribution >= 0.6 is 0 Å². The lowest BCUT2D eigenvalue weighted by molar-refractivity contribution is 0.126. The number of aliphatic hydroxyl groups is 1. The van der Waals surface area contributed by atoms with Gasteiger partial charge in [-0.05, 0) is 12.1 Å². The highest BCUT2D eigenvalue weighted by atomic mass is 32.2. The number of epoxide rings is 1. The van der Waals surface area contributed by atoms with Crippen molar-refractivity contribution < 1.29 is 27.2 Å². The van der Waals surface area contributed by atoms with Crippen LogP contribution < -0.4 is 0 Å². The molecule has 3 rings (SSSR count). The molecule has 2 heterocycles. The van der Waals surface area contributed by atoms with Gasteiger partial charge in [0.1, 0.15) is 31.0 Å². The van der Waals surface area contributed by atoms with Gasteiger partial charge in [0.25, 0.3) is 10.1 Å². The Morgan fingerprint density at radius 2 is 2.14 bits per heavy atom. The Labute approximate surface area is 128 Å². The van der Waals surface area contributed by atoms with E-state index in [9.17, 15) is 8.42 Å². The van der Waals surface area contributed by atoms with Crippen molar-refractivity contribution in [2.75, 3.05) is 19.5 Å². The SMILES string of the molecule is CS(=O)(=O)O[C@@H]([C@@H]1O[C@H]1CO)[C@@H]1COC(c2ccccc2)=N1. The molecular formula is C14H17NO6S. The zero-order valence-corrected chi connectivity index (χ0v) is 12.8. The van der Waals surface area contributed by atoms with E-state index >= 15 is 0 Å². The van der Waals surface area contributed by atoms with Gasteiger partial charge >= 0.3 is 0 Å². The predicted molar refractivity (Wildman–Crippen MR) is 78.2 cm³/mol. The van der Waals surface area contributed by atoms with E-state index < -0.39 is 34.5 Å². The summed E-state index contributed by atoms with van der Waals surface area (Å²) in [6.07, 6.45) is -0.725. The van der Waals surface area contributed by atoms with Crippen LogP contribution in [-0.4, -0.2) is 63.2 Å². The second-order valence-corrected chi connectivity index (χ2v) is 6.87. The third-order valence-corrected chi connectivity index (χ3v) is 4.06. The number of aliphatic hydroxyl groups excluding tert-OH is 1. The molecule has 1 saturated heterocycles. The fraction of sp³-hybridized carbons (Fsp3) is 0.500. The molecule has 4 atom stereocenters. The van der Waals surface area contributed by atoms with Crippen LogP contribution in [0.5, 0.6) is 0 Å². The molecule has 1 aromatic rings. The molecule has 0 amide bonds. The molecule has 2 aliphatic rings. The lowest BCUT2D eigenvalue weighted by atomic mass is 10.1. The van der Waals surface area contributed by atoms with Gasteiger partial charge in [0.2, 0.25) is 5.90 Å². The summed E-state index contributed by atoms with van der Waals surface area (Å²) in [7, 11) is -3.67. The normalized spacial score (nSPS) is 28.8. The minimum absolute atomic E-state index is 0.183. The molecule has 1 fully saturated rings. The van der Waals surface area contributed by atoms with E-state index in [0.717, 1.165) is 11.8 Å². The van der Waals surface area contributed by atoms with Gasteiger partial charge in [0, 0.05) is 5.56 Å². The van der Waals surface area contributed by atoms with E-state index in [1.165, 1.54) is 0 Å². The van der Waals surface area contributed by atoms with Crippen molar-refractivity contribution in [3.63, 3.8) is 0 Å². The van der Waals surface area contributed by atoms with Gasteiger partial charge in [-0.2, -0.15) is 8.42 Å². The second-order valence-electron chi connectivity index (χ2n) is 5.27. The van der Waals surface area contributed by atoms with Crippen LogP contribution in [0.4, 0.5) is 0 Å². The fourth-order valence-electron chi connectivity index (χ4n) is 2.43. The van der Waals surface area contributed by atoms with E-state index in [1.54, 1.807) is 0 Å². The minimum Gasteiger partial charge on any atom is -0.475 e. The quantitative estimate of drug-likeness (QED) is 0.580. The number of nitrogens with zero attached hydrogens (tertiary/aromatic N) is 1. The van der Waals surface area contributed by atoms with Crippen LogP contribution in [0.25, 0.3) is 0 Å². The van der Waals surface area contributed by atoms with E-state index in [2.05, 4.69) is 4.99 Å². The first-order valence-corrected chi connectivity index (χ1v) is 8.70. The molecule has 1 aromatic carbocycles. The fourth-order valence-corrected chi connectivity index (χ4v) is 3.07. The maximum Gasteiger partial charge on any atom is 0.264 e. The Hall–Kier alpha value is -1.48. The van der Waals surface area contributed by atoms with Gasteiger partial charge in [0.15, 0.2) is 0 Å². The van der Waals surface area contributed by atoms with Gasteiger partial charge < -0.3 is 14.6 Å². The van der Waals surface area contributed by atoms with E-state index in [-0.39, 0.29) is 13.2 Å². The molecule has 0 aromatic heterocycles. The zero-order valence-electron chi connectivity index (χ0n) is 12.0. The molecule has 22 heavy (non-hydrogen) atoms. The summed E-state index contributed by atoms with van der Waals surface area (Å²) >= 11 is 0. The summed E-state index contributed by atoms with van der Waals surface area (Å²) in [6, 6.07) is 8.84. The van der Waals surface area contributed by atoms with Crippen molar-refractivity contribution in [3.8, 4) is 0 Å². The molecule has 2 aliphatic heterocycles. The second kappa shape index (κ2) is 5.96. The van der Waals surface area contributed by atoms with Crippen molar-refractivity contribution in [2.24, 2.45) is 4.99 Å². The van der Waals surface area contributed by atoms with Crippen molar-refractivity contribution in [2.45, 2.75) is 24.4 Å². The Morgan fingerprint density at radius 1 is 1.41 bits per heavy atom. The molecule has 120 valence electrons. The highest BCUT2D eigenvalue weighted by molar-refractivity contribution is 7.86. The summed E-state index contributed by atoms with van der Waals surface area (Å²) in [5, 5.41) is 9.10. The van der Waals surface area contributed by atoms with Crippen molar-refractivity contribution in [1.29, 1.82) is 0 Å². The highest BCUT2D eigenvalue weighted by Gasteiger charge is 2.51.